The number of nitrogen functional groups attached to an aromatic ring is 1. The zero-order valence-corrected chi connectivity index (χ0v) is 12.5. The van der Waals surface area contributed by atoms with E-state index in [4.69, 9.17) is 10.7 Å². The van der Waals surface area contributed by atoms with Crippen LogP contribution < -0.4 is 5.73 Å². The Morgan fingerprint density at radius 2 is 1.94 bits per heavy atom. The van der Waals surface area contributed by atoms with Gasteiger partial charge in [0.05, 0.1) is 5.69 Å². The van der Waals surface area contributed by atoms with E-state index >= 15 is 0 Å². The van der Waals surface area contributed by atoms with Gasteiger partial charge in [0, 0.05) is 18.9 Å². The second-order valence-corrected chi connectivity index (χ2v) is 6.19. The number of aryl methyl sites for hydroxylation is 1. The summed E-state index contributed by atoms with van der Waals surface area (Å²) in [5.41, 5.74) is 7.30. The Morgan fingerprint density at radius 1 is 1.29 bits per heavy atom. The summed E-state index contributed by atoms with van der Waals surface area (Å²) in [6.07, 6.45) is 3.09. The third kappa shape index (κ3) is 3.66. The van der Waals surface area contributed by atoms with Gasteiger partial charge in [-0.05, 0) is 17.9 Å². The van der Waals surface area contributed by atoms with E-state index in [9.17, 15) is 0 Å². The van der Waals surface area contributed by atoms with Crippen molar-refractivity contribution >= 4 is 17.6 Å². The highest BCUT2D eigenvalue weighted by molar-refractivity contribution is 7.98. The van der Waals surface area contributed by atoms with Crippen molar-refractivity contribution in [2.24, 2.45) is 5.92 Å². The summed E-state index contributed by atoms with van der Waals surface area (Å²) in [7, 11) is 0. The van der Waals surface area contributed by atoms with E-state index < -0.39 is 0 Å². The maximum atomic E-state index is 6.22. The van der Waals surface area contributed by atoms with E-state index in [1.807, 2.05) is 11.8 Å². The number of nitrogens with zero attached hydrogens (tertiary/aromatic N) is 2. The van der Waals surface area contributed by atoms with Crippen LogP contribution in [0, 0.1) is 5.92 Å². The highest BCUT2D eigenvalue weighted by atomic mass is 32.2. The Kier molecular flexibility index (Phi) is 5.37. The number of hydrogen-bond acceptors (Lipinski definition) is 3. The first-order valence-electron chi connectivity index (χ1n) is 6.31. The van der Waals surface area contributed by atoms with E-state index in [2.05, 4.69) is 38.5 Å². The molecule has 3 nitrogen and oxygen atoms in total. The SMILES string of the molecule is CSCCc1nc(C(C)C)n(CC(C)C)c1N. The molecule has 0 amide bonds. The molecule has 1 rings (SSSR count). The van der Waals surface area contributed by atoms with Gasteiger partial charge < -0.3 is 10.3 Å². The molecule has 0 bridgehead atoms. The Bertz CT molecular complexity index is 356. The summed E-state index contributed by atoms with van der Waals surface area (Å²) >= 11 is 1.84. The average molecular weight is 255 g/mol. The van der Waals surface area contributed by atoms with Gasteiger partial charge in [-0.1, -0.05) is 27.7 Å². The van der Waals surface area contributed by atoms with Crippen LogP contribution in [-0.4, -0.2) is 21.6 Å². The molecule has 0 spiro atoms. The Labute approximate surface area is 109 Å². The fourth-order valence-electron chi connectivity index (χ4n) is 1.92. The van der Waals surface area contributed by atoms with Crippen LogP contribution in [0.1, 0.15) is 45.1 Å². The summed E-state index contributed by atoms with van der Waals surface area (Å²) < 4.78 is 2.20. The largest absolute Gasteiger partial charge is 0.384 e. The predicted molar refractivity (Wildman–Crippen MR) is 77.7 cm³/mol. The minimum absolute atomic E-state index is 0.430. The highest BCUT2D eigenvalue weighted by Crippen LogP contribution is 2.23. The minimum Gasteiger partial charge on any atom is -0.384 e. The Morgan fingerprint density at radius 3 is 2.41 bits per heavy atom. The molecule has 0 aromatic carbocycles. The molecule has 0 saturated heterocycles. The minimum atomic E-state index is 0.430. The van der Waals surface area contributed by atoms with Crippen molar-refractivity contribution in [1.82, 2.24) is 9.55 Å². The third-order valence-corrected chi connectivity index (χ3v) is 3.33. The van der Waals surface area contributed by atoms with Crippen molar-refractivity contribution in [2.75, 3.05) is 17.7 Å². The lowest BCUT2D eigenvalue weighted by molar-refractivity contribution is 0.502. The summed E-state index contributed by atoms with van der Waals surface area (Å²) in [5.74, 6) is 4.11. The molecule has 0 aliphatic rings. The molecule has 2 N–H and O–H groups in total. The predicted octanol–water partition coefficient (Wildman–Crippen LogP) is 3.15. The van der Waals surface area contributed by atoms with Crippen LogP contribution in [0.3, 0.4) is 0 Å². The van der Waals surface area contributed by atoms with Crippen LogP contribution in [0.15, 0.2) is 0 Å². The first-order valence-corrected chi connectivity index (χ1v) is 7.70. The van der Waals surface area contributed by atoms with E-state index in [1.54, 1.807) is 0 Å². The molecule has 17 heavy (non-hydrogen) atoms. The van der Waals surface area contributed by atoms with Gasteiger partial charge in [0.1, 0.15) is 11.6 Å². The summed E-state index contributed by atoms with van der Waals surface area (Å²) in [5, 5.41) is 0. The van der Waals surface area contributed by atoms with E-state index in [-0.39, 0.29) is 0 Å². The standard InChI is InChI=1S/C13H25N3S/c1-9(2)8-16-12(14)11(6-7-17-5)15-13(16)10(3)4/h9-10H,6-8,14H2,1-5H3. The molecule has 4 heteroatoms. The zero-order chi connectivity index (χ0) is 13.0. The lowest BCUT2D eigenvalue weighted by Crippen LogP contribution is -2.12. The topological polar surface area (TPSA) is 43.8 Å². The molecule has 0 unspecified atom stereocenters. The molecule has 0 atom stereocenters. The molecule has 1 aromatic heterocycles. The van der Waals surface area contributed by atoms with Crippen LogP contribution >= 0.6 is 11.8 Å². The van der Waals surface area contributed by atoms with E-state index in [0.29, 0.717) is 11.8 Å². The molecule has 0 aliphatic heterocycles. The van der Waals surface area contributed by atoms with Gasteiger partial charge in [-0.2, -0.15) is 11.8 Å². The second-order valence-electron chi connectivity index (χ2n) is 5.20. The summed E-state index contributed by atoms with van der Waals surface area (Å²) in [6, 6.07) is 0. The Hall–Kier alpha value is -0.640. The molecule has 0 saturated carbocycles. The Balaban J connectivity index is 3.02. The number of thioether (sulfide) groups is 1. The lowest BCUT2D eigenvalue weighted by Gasteiger charge is -2.14. The van der Waals surface area contributed by atoms with Gasteiger partial charge in [0.15, 0.2) is 0 Å². The molecule has 0 radical (unpaired) electrons. The van der Waals surface area contributed by atoms with Crippen molar-refractivity contribution in [2.45, 2.75) is 46.6 Å². The van der Waals surface area contributed by atoms with Gasteiger partial charge in [-0.25, -0.2) is 4.98 Å². The second kappa shape index (κ2) is 6.34. The first-order chi connectivity index (χ1) is 7.97. The van der Waals surface area contributed by atoms with Crippen LogP contribution in [0.25, 0.3) is 0 Å². The average Bonchev–Trinajstić information content (AvgIpc) is 2.53. The maximum absolute atomic E-state index is 6.22. The summed E-state index contributed by atoms with van der Waals surface area (Å²) in [4.78, 5) is 4.72. The van der Waals surface area contributed by atoms with Gasteiger partial charge in [-0.15, -0.1) is 0 Å². The normalized spacial score (nSPS) is 11.7. The van der Waals surface area contributed by atoms with Crippen molar-refractivity contribution in [3.8, 4) is 0 Å². The highest BCUT2D eigenvalue weighted by Gasteiger charge is 2.17. The van der Waals surface area contributed by atoms with E-state index in [1.165, 1.54) is 0 Å². The van der Waals surface area contributed by atoms with Crippen molar-refractivity contribution < 1.29 is 0 Å². The monoisotopic (exact) mass is 255 g/mol. The number of anilines is 1. The maximum Gasteiger partial charge on any atom is 0.126 e. The fourth-order valence-corrected chi connectivity index (χ4v) is 2.31. The molecular weight excluding hydrogens is 230 g/mol. The van der Waals surface area contributed by atoms with Gasteiger partial charge in [0.25, 0.3) is 0 Å². The molecule has 98 valence electrons. The molecule has 1 aromatic rings. The van der Waals surface area contributed by atoms with Crippen LogP contribution in [0.5, 0.6) is 0 Å². The van der Waals surface area contributed by atoms with Crippen LogP contribution in [-0.2, 0) is 13.0 Å². The van der Waals surface area contributed by atoms with Gasteiger partial charge in [0.2, 0.25) is 0 Å². The number of hydrogen-bond donors (Lipinski definition) is 1. The lowest BCUT2D eigenvalue weighted by atomic mass is 10.2. The smallest absolute Gasteiger partial charge is 0.126 e. The van der Waals surface area contributed by atoms with Crippen molar-refractivity contribution in [3.63, 3.8) is 0 Å². The van der Waals surface area contributed by atoms with Crippen molar-refractivity contribution in [3.05, 3.63) is 11.5 Å². The number of nitrogens with two attached hydrogens (primary N) is 1. The zero-order valence-electron chi connectivity index (χ0n) is 11.7. The third-order valence-electron chi connectivity index (χ3n) is 2.72. The molecular formula is C13H25N3S. The van der Waals surface area contributed by atoms with Crippen molar-refractivity contribution in [1.29, 1.82) is 0 Å². The number of imidazole rings is 1. The summed E-state index contributed by atoms with van der Waals surface area (Å²) in [6.45, 7) is 9.75. The van der Waals surface area contributed by atoms with Gasteiger partial charge >= 0.3 is 0 Å². The molecule has 0 aliphatic carbocycles. The number of aromatic nitrogens is 2. The first kappa shape index (κ1) is 14.4. The quantitative estimate of drug-likeness (QED) is 0.849. The number of rotatable bonds is 6. The van der Waals surface area contributed by atoms with E-state index in [0.717, 1.165) is 36.1 Å². The molecule has 1 heterocycles. The van der Waals surface area contributed by atoms with Gasteiger partial charge in [-0.3, -0.25) is 0 Å². The fraction of sp³-hybridized carbons (Fsp3) is 0.769. The van der Waals surface area contributed by atoms with Crippen LogP contribution in [0.2, 0.25) is 0 Å². The van der Waals surface area contributed by atoms with Crippen LogP contribution in [0.4, 0.5) is 5.82 Å². The molecule has 0 fully saturated rings.